The summed E-state index contributed by atoms with van der Waals surface area (Å²) in [6.45, 7) is 2.20. The van der Waals surface area contributed by atoms with Crippen LogP contribution < -0.4 is 10.0 Å². The normalized spacial score (nSPS) is 17.8. The van der Waals surface area contributed by atoms with E-state index in [-0.39, 0.29) is 46.2 Å². The van der Waals surface area contributed by atoms with Gasteiger partial charge in [-0.3, -0.25) is 4.79 Å². The number of carbonyl (C=O) groups excluding carboxylic acids is 1. The van der Waals surface area contributed by atoms with Crippen molar-refractivity contribution in [3.8, 4) is 0 Å². The van der Waals surface area contributed by atoms with Crippen LogP contribution in [0.1, 0.15) is 30.1 Å². The first-order chi connectivity index (χ1) is 12.6. The molecule has 1 saturated heterocycles. The second-order valence-electron chi connectivity index (χ2n) is 6.12. The van der Waals surface area contributed by atoms with E-state index >= 15 is 0 Å². The van der Waals surface area contributed by atoms with Gasteiger partial charge in [-0.1, -0.05) is 18.5 Å². The predicted molar refractivity (Wildman–Crippen MR) is 102 cm³/mol. The van der Waals surface area contributed by atoms with E-state index in [9.17, 15) is 21.6 Å². The molecule has 0 saturated carbocycles. The van der Waals surface area contributed by atoms with Crippen molar-refractivity contribution in [3.63, 3.8) is 0 Å². The second-order valence-corrected chi connectivity index (χ2v) is 10.7. The van der Waals surface area contributed by atoms with Gasteiger partial charge in [-0.05, 0) is 31.0 Å². The number of hydrogen-bond donors (Lipinski definition) is 2. The van der Waals surface area contributed by atoms with E-state index in [0.29, 0.717) is 6.61 Å². The van der Waals surface area contributed by atoms with Crippen molar-refractivity contribution in [1.29, 1.82) is 0 Å². The molecule has 1 atom stereocenters. The summed E-state index contributed by atoms with van der Waals surface area (Å²) in [5.41, 5.74) is 0.0748. The third-order valence-electron chi connectivity index (χ3n) is 4.15. The molecule has 0 radical (unpaired) electrons. The van der Waals surface area contributed by atoms with E-state index < -0.39 is 25.8 Å². The van der Waals surface area contributed by atoms with Crippen molar-refractivity contribution in [2.75, 3.05) is 31.2 Å². The van der Waals surface area contributed by atoms with Gasteiger partial charge in [-0.15, -0.1) is 0 Å². The fourth-order valence-electron chi connectivity index (χ4n) is 2.50. The Morgan fingerprint density at radius 2 is 2.04 bits per heavy atom. The Bertz CT molecular complexity index is 880. The zero-order valence-corrected chi connectivity index (χ0v) is 17.3. The zero-order chi connectivity index (χ0) is 20.1. The first-order valence-electron chi connectivity index (χ1n) is 8.54. The van der Waals surface area contributed by atoms with Crippen molar-refractivity contribution in [2.45, 2.75) is 30.8 Å². The van der Waals surface area contributed by atoms with E-state index in [1.807, 2.05) is 0 Å². The van der Waals surface area contributed by atoms with Crippen LogP contribution in [0.15, 0.2) is 23.1 Å². The summed E-state index contributed by atoms with van der Waals surface area (Å²) in [6, 6.07) is 3.87. The third-order valence-corrected chi connectivity index (χ3v) is 7.76. The molecule has 1 aliphatic rings. The van der Waals surface area contributed by atoms with E-state index in [0.717, 1.165) is 12.8 Å². The molecule has 1 aromatic carbocycles. The lowest BCUT2D eigenvalue weighted by molar-refractivity contribution is 0.0956. The first kappa shape index (κ1) is 22.1. The number of sulfonamides is 1. The predicted octanol–water partition coefficient (Wildman–Crippen LogP) is 0.962. The van der Waals surface area contributed by atoms with E-state index in [1.165, 1.54) is 25.1 Å². The third kappa shape index (κ3) is 6.42. The van der Waals surface area contributed by atoms with Gasteiger partial charge in [0.1, 0.15) is 4.90 Å². The smallest absolute Gasteiger partial charge is 0.251 e. The fraction of sp³-hybridized carbons (Fsp3) is 0.562. The maximum Gasteiger partial charge on any atom is 0.251 e. The van der Waals surface area contributed by atoms with Gasteiger partial charge >= 0.3 is 0 Å². The second kappa shape index (κ2) is 9.33. The SMILES string of the molecule is CCS(=O)(=O)CCNC(=O)c1ccc(Cl)c(S(=O)(=O)NCC2CCCO2)c1. The Morgan fingerprint density at radius 1 is 1.30 bits per heavy atom. The number of halogens is 1. The largest absolute Gasteiger partial charge is 0.377 e. The molecule has 27 heavy (non-hydrogen) atoms. The van der Waals surface area contributed by atoms with Crippen molar-refractivity contribution < 1.29 is 26.4 Å². The van der Waals surface area contributed by atoms with Gasteiger partial charge in [0.2, 0.25) is 10.0 Å². The molecule has 1 amide bonds. The molecule has 2 rings (SSSR count). The van der Waals surface area contributed by atoms with Crippen LogP contribution in [0.25, 0.3) is 0 Å². The Labute approximate surface area is 164 Å². The van der Waals surface area contributed by atoms with Crippen LogP contribution in [0, 0.1) is 0 Å². The summed E-state index contributed by atoms with van der Waals surface area (Å²) in [7, 11) is -7.12. The number of nitrogens with one attached hydrogen (secondary N) is 2. The molecular weight excluding hydrogens is 416 g/mol. The quantitative estimate of drug-likeness (QED) is 0.592. The molecule has 8 nitrogen and oxygen atoms in total. The lowest BCUT2D eigenvalue weighted by atomic mass is 10.2. The minimum Gasteiger partial charge on any atom is -0.377 e. The molecule has 1 unspecified atom stereocenters. The van der Waals surface area contributed by atoms with Crippen molar-refractivity contribution in [3.05, 3.63) is 28.8 Å². The summed E-state index contributed by atoms with van der Waals surface area (Å²) in [6.07, 6.45) is 1.49. The number of hydrogen-bond acceptors (Lipinski definition) is 6. The lowest BCUT2D eigenvalue weighted by Crippen LogP contribution is -2.32. The van der Waals surface area contributed by atoms with Crippen LogP contribution in [-0.4, -0.2) is 60.0 Å². The number of rotatable bonds is 9. The highest BCUT2D eigenvalue weighted by atomic mass is 35.5. The highest BCUT2D eigenvalue weighted by molar-refractivity contribution is 7.91. The Hall–Kier alpha value is -1.20. The number of benzene rings is 1. The fourth-order valence-corrected chi connectivity index (χ4v) is 4.79. The molecule has 0 aromatic heterocycles. The highest BCUT2D eigenvalue weighted by Crippen LogP contribution is 2.23. The molecule has 1 heterocycles. The van der Waals surface area contributed by atoms with Crippen molar-refractivity contribution >= 4 is 37.4 Å². The Kier molecular flexibility index (Phi) is 7.64. The molecule has 1 aromatic rings. The topological polar surface area (TPSA) is 119 Å². The maximum atomic E-state index is 12.5. The summed E-state index contributed by atoms with van der Waals surface area (Å²) >= 11 is 6.00. The average Bonchev–Trinajstić information content (AvgIpc) is 3.13. The van der Waals surface area contributed by atoms with Gasteiger partial charge < -0.3 is 10.1 Å². The van der Waals surface area contributed by atoms with Crippen molar-refractivity contribution in [2.24, 2.45) is 0 Å². The molecule has 0 bridgehead atoms. The van der Waals surface area contributed by atoms with Gasteiger partial charge in [0.15, 0.2) is 9.84 Å². The van der Waals surface area contributed by atoms with Crippen LogP contribution in [0.4, 0.5) is 0 Å². The molecule has 2 N–H and O–H groups in total. The van der Waals surface area contributed by atoms with Gasteiger partial charge in [0, 0.05) is 31.0 Å². The van der Waals surface area contributed by atoms with E-state index in [1.54, 1.807) is 0 Å². The minimum atomic E-state index is -3.92. The zero-order valence-electron chi connectivity index (χ0n) is 14.9. The molecule has 1 aliphatic heterocycles. The van der Waals surface area contributed by atoms with Gasteiger partial charge in [-0.25, -0.2) is 21.6 Å². The lowest BCUT2D eigenvalue weighted by Gasteiger charge is -2.13. The van der Waals surface area contributed by atoms with E-state index in [4.69, 9.17) is 16.3 Å². The molecular formula is C16H23ClN2O6S2. The van der Waals surface area contributed by atoms with Crippen LogP contribution in [0.5, 0.6) is 0 Å². The monoisotopic (exact) mass is 438 g/mol. The van der Waals surface area contributed by atoms with Gasteiger partial charge in [-0.2, -0.15) is 0 Å². The van der Waals surface area contributed by atoms with Crippen LogP contribution in [0.2, 0.25) is 5.02 Å². The molecule has 152 valence electrons. The van der Waals surface area contributed by atoms with Gasteiger partial charge in [0.25, 0.3) is 5.91 Å². The minimum absolute atomic E-state index is 0.0113. The number of amides is 1. The highest BCUT2D eigenvalue weighted by Gasteiger charge is 2.23. The van der Waals surface area contributed by atoms with Gasteiger partial charge in [0.05, 0.1) is 16.9 Å². The number of ether oxygens (including phenoxy) is 1. The summed E-state index contributed by atoms with van der Waals surface area (Å²) in [4.78, 5) is 12.0. The molecule has 0 aliphatic carbocycles. The van der Waals surface area contributed by atoms with Crippen LogP contribution in [-0.2, 0) is 24.6 Å². The average molecular weight is 439 g/mol. The van der Waals surface area contributed by atoms with E-state index in [2.05, 4.69) is 10.0 Å². The maximum absolute atomic E-state index is 12.5. The number of sulfone groups is 1. The molecule has 0 spiro atoms. The summed E-state index contributed by atoms with van der Waals surface area (Å²) < 4.78 is 55.8. The van der Waals surface area contributed by atoms with Crippen LogP contribution >= 0.6 is 11.6 Å². The van der Waals surface area contributed by atoms with Crippen LogP contribution in [0.3, 0.4) is 0 Å². The number of carbonyl (C=O) groups is 1. The first-order valence-corrected chi connectivity index (χ1v) is 12.2. The molecule has 1 fully saturated rings. The Balaban J connectivity index is 2.06. The summed E-state index contributed by atoms with van der Waals surface area (Å²) in [5, 5.41) is 2.45. The molecule has 11 heteroatoms. The summed E-state index contributed by atoms with van der Waals surface area (Å²) in [5.74, 6) is -0.770. The standard InChI is InChI=1S/C16H23ClN2O6S2/c1-2-26(21,22)9-7-18-16(20)12-5-6-14(17)15(10-12)27(23,24)19-11-13-4-3-8-25-13/h5-6,10,13,19H,2-4,7-9,11H2,1H3,(H,18,20). The Morgan fingerprint density at radius 3 is 2.67 bits per heavy atom. The van der Waals surface area contributed by atoms with Crippen molar-refractivity contribution in [1.82, 2.24) is 10.0 Å².